The Bertz CT molecular complexity index is 3420. The van der Waals surface area contributed by atoms with Crippen LogP contribution in [-0.4, -0.2) is 0 Å². The number of rotatable bonds is 10. The molecule has 2 aromatic heterocycles. The molecule has 0 spiro atoms. The van der Waals surface area contributed by atoms with Gasteiger partial charge in [0.15, 0.2) is 0 Å². The van der Waals surface area contributed by atoms with E-state index in [9.17, 15) is 0 Å². The van der Waals surface area contributed by atoms with Crippen LogP contribution < -0.4 is 9.80 Å². The molecule has 2 nitrogen and oxygen atoms in total. The average Bonchev–Trinajstić information content (AvgIpc) is 3.97. The lowest BCUT2D eigenvalue weighted by Crippen LogP contribution is -2.09. The van der Waals surface area contributed by atoms with Gasteiger partial charge < -0.3 is 9.80 Å². The minimum Gasteiger partial charge on any atom is -0.309 e. The van der Waals surface area contributed by atoms with Crippen LogP contribution in [0.1, 0.15) is 11.1 Å². The van der Waals surface area contributed by atoms with Crippen LogP contribution in [0.4, 0.5) is 34.1 Å². The molecule has 312 valence electrons. The molecular weight excluding hydrogens is 837 g/mol. The summed E-state index contributed by atoms with van der Waals surface area (Å²) >= 11 is 3.72. The molecule has 10 aromatic carbocycles. The third-order valence-corrected chi connectivity index (χ3v) is 14.9. The van der Waals surface area contributed by atoms with Gasteiger partial charge in [-0.15, -0.1) is 22.7 Å². The van der Waals surface area contributed by atoms with Gasteiger partial charge in [-0.3, -0.25) is 0 Å². The highest BCUT2D eigenvalue weighted by Gasteiger charge is 2.20. The number of hydrogen-bond acceptors (Lipinski definition) is 4. The number of benzene rings is 10. The van der Waals surface area contributed by atoms with E-state index < -0.39 is 0 Å². The molecule has 0 N–H and O–H groups in total. The fraction of sp³-hybridized carbons (Fsp3) is 0. The van der Waals surface area contributed by atoms with E-state index in [0.29, 0.717) is 0 Å². The lowest BCUT2D eigenvalue weighted by molar-refractivity contribution is 1.30. The van der Waals surface area contributed by atoms with Crippen LogP contribution in [0.15, 0.2) is 243 Å². The monoisotopic (exact) mass is 878 g/mol. The summed E-state index contributed by atoms with van der Waals surface area (Å²) in [6, 6.07) is 87.7. The molecule has 0 unspecified atom stereocenters. The van der Waals surface area contributed by atoms with Crippen molar-refractivity contribution >= 4 is 109 Å². The van der Waals surface area contributed by atoms with E-state index in [1.165, 1.54) is 74.0 Å². The molecule has 4 heteroatoms. The second kappa shape index (κ2) is 17.2. The number of nitrogens with zero attached hydrogens (tertiary/aromatic N) is 2. The molecule has 0 radical (unpaired) electrons. The van der Waals surface area contributed by atoms with Crippen molar-refractivity contribution in [2.24, 2.45) is 0 Å². The van der Waals surface area contributed by atoms with E-state index in [0.717, 1.165) is 33.9 Å². The molecule has 0 aliphatic heterocycles. The van der Waals surface area contributed by atoms with Crippen LogP contribution >= 0.6 is 22.7 Å². The number of fused-ring (bicyclic) bond motifs is 6. The highest BCUT2D eigenvalue weighted by Crippen LogP contribution is 2.46. The second-order valence-corrected chi connectivity index (χ2v) is 18.6. The van der Waals surface area contributed by atoms with Crippen molar-refractivity contribution in [2.75, 3.05) is 9.80 Å². The molecule has 12 aromatic rings. The van der Waals surface area contributed by atoms with Crippen molar-refractivity contribution in [2.45, 2.75) is 0 Å². The van der Waals surface area contributed by atoms with E-state index in [-0.39, 0.29) is 0 Å². The van der Waals surface area contributed by atoms with Gasteiger partial charge in [0, 0.05) is 53.7 Å². The molecule has 0 atom stereocenters. The molecule has 0 aliphatic rings. The number of para-hydroxylation sites is 2. The summed E-state index contributed by atoms with van der Waals surface area (Å²) in [5.74, 6) is 0. The average molecular weight is 879 g/mol. The molecule has 0 aliphatic carbocycles. The topological polar surface area (TPSA) is 6.48 Å². The number of hydrogen-bond donors (Lipinski definition) is 0. The number of thiophene rings is 2. The third kappa shape index (κ3) is 7.42. The largest absolute Gasteiger partial charge is 0.309 e. The van der Waals surface area contributed by atoms with Gasteiger partial charge in [-0.25, -0.2) is 0 Å². The summed E-state index contributed by atoms with van der Waals surface area (Å²) < 4.78 is 5.20. The molecule has 2 heterocycles. The van der Waals surface area contributed by atoms with E-state index in [2.05, 4.69) is 265 Å². The lowest BCUT2D eigenvalue weighted by atomic mass is 10.0. The summed E-state index contributed by atoms with van der Waals surface area (Å²) in [6.45, 7) is 0. The Kier molecular flexibility index (Phi) is 10.3. The van der Waals surface area contributed by atoms with Crippen LogP contribution in [0.3, 0.4) is 0 Å². The van der Waals surface area contributed by atoms with Crippen LogP contribution in [0.2, 0.25) is 0 Å². The first-order valence-electron chi connectivity index (χ1n) is 22.3. The first kappa shape index (κ1) is 39.6. The van der Waals surface area contributed by atoms with Crippen molar-refractivity contribution in [3.8, 4) is 22.3 Å². The van der Waals surface area contributed by atoms with E-state index in [1.807, 2.05) is 22.7 Å². The summed E-state index contributed by atoms with van der Waals surface area (Å²) in [6.07, 6.45) is 4.39. The van der Waals surface area contributed by atoms with E-state index in [1.54, 1.807) is 0 Å². The van der Waals surface area contributed by atoms with Gasteiger partial charge in [0.25, 0.3) is 0 Å². The molecule has 0 saturated carbocycles. The third-order valence-electron chi connectivity index (χ3n) is 12.5. The minimum atomic E-state index is 1.13. The maximum absolute atomic E-state index is 2.38. The predicted octanol–water partition coefficient (Wildman–Crippen LogP) is 18.9. The van der Waals surface area contributed by atoms with Gasteiger partial charge in [0.1, 0.15) is 0 Å². The number of anilines is 6. The molecule has 0 saturated heterocycles. The van der Waals surface area contributed by atoms with Crippen molar-refractivity contribution in [3.05, 3.63) is 254 Å². The zero-order valence-electron chi connectivity index (χ0n) is 36.0. The van der Waals surface area contributed by atoms with Crippen LogP contribution in [0.5, 0.6) is 0 Å². The SMILES string of the molecule is C(=Cc1ccc(-c2ccc(N(c3ccccc3)c3cccc4c3sc3ccccc34)cc2)cc1)c1ccc(-c2ccc(N(c3ccccc3)c3cccc4c3sc3ccccc34)cc2)cc1. The van der Waals surface area contributed by atoms with Gasteiger partial charge in [0.2, 0.25) is 0 Å². The van der Waals surface area contributed by atoms with Crippen LogP contribution in [-0.2, 0) is 0 Å². The highest BCUT2D eigenvalue weighted by molar-refractivity contribution is 7.26. The Balaban J connectivity index is 0.758. The summed E-state index contributed by atoms with van der Waals surface area (Å²) in [4.78, 5) is 4.76. The van der Waals surface area contributed by atoms with E-state index >= 15 is 0 Å². The zero-order valence-corrected chi connectivity index (χ0v) is 37.6. The van der Waals surface area contributed by atoms with Crippen molar-refractivity contribution in [3.63, 3.8) is 0 Å². The van der Waals surface area contributed by atoms with E-state index in [4.69, 9.17) is 0 Å². The molecule has 0 bridgehead atoms. The Morgan fingerprint density at radius 2 is 0.576 bits per heavy atom. The molecule has 0 fully saturated rings. The lowest BCUT2D eigenvalue weighted by Gasteiger charge is -2.26. The highest BCUT2D eigenvalue weighted by atomic mass is 32.1. The normalized spacial score (nSPS) is 11.6. The first-order chi connectivity index (χ1) is 32.7. The fourth-order valence-corrected chi connectivity index (χ4v) is 11.6. The second-order valence-electron chi connectivity index (χ2n) is 16.5. The Morgan fingerprint density at radius 3 is 0.970 bits per heavy atom. The Morgan fingerprint density at radius 1 is 0.258 bits per heavy atom. The van der Waals surface area contributed by atoms with Crippen LogP contribution in [0, 0.1) is 0 Å². The quantitative estimate of drug-likeness (QED) is 0.126. The first-order valence-corrected chi connectivity index (χ1v) is 24.0. The van der Waals surface area contributed by atoms with Crippen molar-refractivity contribution < 1.29 is 0 Å². The summed E-state index contributed by atoms with van der Waals surface area (Å²) in [5.41, 5.74) is 14.0. The molecule has 66 heavy (non-hydrogen) atoms. The summed E-state index contributed by atoms with van der Waals surface area (Å²) in [5, 5.41) is 5.20. The van der Waals surface area contributed by atoms with Gasteiger partial charge in [-0.2, -0.15) is 0 Å². The van der Waals surface area contributed by atoms with Gasteiger partial charge in [-0.1, -0.05) is 182 Å². The zero-order chi connectivity index (χ0) is 43.8. The van der Waals surface area contributed by atoms with Gasteiger partial charge in [0.05, 0.1) is 20.8 Å². The minimum absolute atomic E-state index is 1.13. The van der Waals surface area contributed by atoms with Crippen molar-refractivity contribution in [1.82, 2.24) is 0 Å². The molecule has 0 amide bonds. The summed E-state index contributed by atoms with van der Waals surface area (Å²) in [7, 11) is 0. The Hall–Kier alpha value is -8.02. The maximum Gasteiger partial charge on any atom is 0.0640 e. The molecular formula is C62H42N2S2. The van der Waals surface area contributed by atoms with Crippen LogP contribution in [0.25, 0.3) is 74.8 Å². The van der Waals surface area contributed by atoms with Gasteiger partial charge in [-0.05, 0) is 106 Å². The Labute approximate surface area is 392 Å². The van der Waals surface area contributed by atoms with Crippen molar-refractivity contribution in [1.29, 1.82) is 0 Å². The fourth-order valence-electron chi connectivity index (χ4n) is 9.20. The smallest absolute Gasteiger partial charge is 0.0640 e. The molecule has 12 rings (SSSR count). The standard InChI is InChI=1S/C62H42N2S2/c1-3-13-49(14-4-1)63(57-21-11-19-55-53-17-7-9-23-59(53)65-61(55)57)51-39-35-47(36-40-51)45-31-27-43(28-32-45)25-26-44-29-33-46(34-30-44)48-37-41-52(42-38-48)64(50-15-5-2-6-16-50)58-22-12-20-56-54-18-8-10-24-60(54)66-62(56)58/h1-42H. The predicted molar refractivity (Wildman–Crippen MR) is 288 cm³/mol. The van der Waals surface area contributed by atoms with Gasteiger partial charge >= 0.3 is 0 Å². The maximum atomic E-state index is 2.38.